The number of aryl methyl sites for hydroxylation is 2. The molecule has 5 heteroatoms. The molecule has 0 fully saturated rings. The molecule has 0 amide bonds. The standard InChI is InChI=1S/C16H17NO4/c1-10-6-11(2)12(3)16(7-10)21-15-5-4-14(17(19)20)8-13(15)9-18/h4-8,18H,9H2,1-3H3. The molecule has 110 valence electrons. The molecule has 2 aromatic rings. The zero-order valence-corrected chi connectivity index (χ0v) is 12.2. The van der Waals surface area contributed by atoms with Gasteiger partial charge in [-0.15, -0.1) is 0 Å². The number of hydrogen-bond acceptors (Lipinski definition) is 4. The Balaban J connectivity index is 2.42. The van der Waals surface area contributed by atoms with E-state index in [1.165, 1.54) is 18.2 Å². The van der Waals surface area contributed by atoms with Gasteiger partial charge >= 0.3 is 0 Å². The molecule has 0 spiro atoms. The molecule has 0 bridgehead atoms. The minimum absolute atomic E-state index is 0.0662. The molecule has 0 aliphatic carbocycles. The van der Waals surface area contributed by atoms with Gasteiger partial charge in [0.2, 0.25) is 0 Å². The molecule has 0 saturated heterocycles. The number of benzene rings is 2. The summed E-state index contributed by atoms with van der Waals surface area (Å²) in [4.78, 5) is 10.3. The zero-order chi connectivity index (χ0) is 15.6. The van der Waals surface area contributed by atoms with Crippen LogP contribution in [0.1, 0.15) is 22.3 Å². The van der Waals surface area contributed by atoms with E-state index in [2.05, 4.69) is 6.07 Å². The fraction of sp³-hybridized carbons (Fsp3) is 0.250. The van der Waals surface area contributed by atoms with Crippen molar-refractivity contribution < 1.29 is 14.8 Å². The first kappa shape index (κ1) is 15.0. The van der Waals surface area contributed by atoms with Crippen LogP contribution >= 0.6 is 0 Å². The Bertz CT molecular complexity index is 695. The van der Waals surface area contributed by atoms with Crippen LogP contribution in [0.5, 0.6) is 11.5 Å². The maximum Gasteiger partial charge on any atom is 0.270 e. The van der Waals surface area contributed by atoms with Crippen LogP contribution in [-0.4, -0.2) is 10.0 Å². The van der Waals surface area contributed by atoms with Crippen molar-refractivity contribution in [2.24, 2.45) is 0 Å². The number of non-ortho nitro benzene ring substituents is 1. The number of hydrogen-bond donors (Lipinski definition) is 1. The molecule has 0 radical (unpaired) electrons. The quantitative estimate of drug-likeness (QED) is 0.685. The van der Waals surface area contributed by atoms with Gasteiger partial charge in [0.1, 0.15) is 11.5 Å². The number of ether oxygens (including phenoxy) is 1. The van der Waals surface area contributed by atoms with Crippen LogP contribution in [0.15, 0.2) is 30.3 Å². The van der Waals surface area contributed by atoms with Crippen molar-refractivity contribution in [3.8, 4) is 11.5 Å². The number of rotatable bonds is 4. The summed E-state index contributed by atoms with van der Waals surface area (Å²) >= 11 is 0. The minimum Gasteiger partial charge on any atom is -0.457 e. The Hall–Kier alpha value is -2.40. The summed E-state index contributed by atoms with van der Waals surface area (Å²) in [6, 6.07) is 8.18. The van der Waals surface area contributed by atoms with Gasteiger partial charge in [-0.3, -0.25) is 10.1 Å². The highest BCUT2D eigenvalue weighted by atomic mass is 16.6. The van der Waals surface area contributed by atoms with Crippen molar-refractivity contribution in [2.45, 2.75) is 27.4 Å². The minimum atomic E-state index is -0.495. The average molecular weight is 287 g/mol. The highest BCUT2D eigenvalue weighted by Crippen LogP contribution is 2.32. The van der Waals surface area contributed by atoms with Gasteiger partial charge in [-0.2, -0.15) is 0 Å². The predicted molar refractivity (Wildman–Crippen MR) is 79.7 cm³/mol. The van der Waals surface area contributed by atoms with Gasteiger partial charge in [0.15, 0.2) is 0 Å². The molecule has 2 rings (SSSR count). The predicted octanol–water partition coefficient (Wildman–Crippen LogP) is 3.80. The van der Waals surface area contributed by atoms with E-state index >= 15 is 0 Å². The molecule has 0 aliphatic rings. The fourth-order valence-corrected chi connectivity index (χ4v) is 2.13. The monoisotopic (exact) mass is 287 g/mol. The van der Waals surface area contributed by atoms with Crippen LogP contribution in [-0.2, 0) is 6.61 Å². The number of aliphatic hydroxyl groups is 1. The SMILES string of the molecule is Cc1cc(C)c(C)c(Oc2ccc([N+](=O)[O-])cc2CO)c1. The van der Waals surface area contributed by atoms with Crippen molar-refractivity contribution in [3.05, 3.63) is 62.7 Å². The smallest absolute Gasteiger partial charge is 0.270 e. The first-order chi connectivity index (χ1) is 9.92. The van der Waals surface area contributed by atoms with Crippen molar-refractivity contribution in [3.63, 3.8) is 0 Å². The third-order valence-electron chi connectivity index (χ3n) is 3.41. The first-order valence-corrected chi connectivity index (χ1v) is 6.56. The molecular weight excluding hydrogens is 270 g/mol. The van der Waals surface area contributed by atoms with Gasteiger partial charge in [0, 0.05) is 17.7 Å². The summed E-state index contributed by atoms with van der Waals surface area (Å²) in [6.45, 7) is 5.61. The van der Waals surface area contributed by atoms with E-state index in [0.717, 1.165) is 16.7 Å². The molecule has 0 heterocycles. The van der Waals surface area contributed by atoms with Crippen LogP contribution in [0.3, 0.4) is 0 Å². The molecule has 2 aromatic carbocycles. The number of nitrogens with zero attached hydrogens (tertiary/aromatic N) is 1. The third-order valence-corrected chi connectivity index (χ3v) is 3.41. The Labute approximate surface area is 123 Å². The molecule has 0 saturated carbocycles. The molecule has 5 nitrogen and oxygen atoms in total. The van der Waals surface area contributed by atoms with Gasteiger partial charge < -0.3 is 9.84 Å². The van der Waals surface area contributed by atoms with Gasteiger partial charge in [-0.1, -0.05) is 6.07 Å². The molecule has 0 unspecified atom stereocenters. The topological polar surface area (TPSA) is 72.6 Å². The van der Waals surface area contributed by atoms with E-state index in [9.17, 15) is 15.2 Å². The highest BCUT2D eigenvalue weighted by Gasteiger charge is 2.13. The van der Waals surface area contributed by atoms with E-state index in [0.29, 0.717) is 17.1 Å². The molecule has 21 heavy (non-hydrogen) atoms. The van der Waals surface area contributed by atoms with Gasteiger partial charge in [-0.05, 0) is 49.6 Å². The van der Waals surface area contributed by atoms with E-state index in [1.54, 1.807) is 0 Å². The number of nitro groups is 1. The third kappa shape index (κ3) is 3.20. The first-order valence-electron chi connectivity index (χ1n) is 6.56. The lowest BCUT2D eigenvalue weighted by Gasteiger charge is -2.14. The van der Waals surface area contributed by atoms with E-state index in [4.69, 9.17) is 4.74 Å². The molecule has 0 aromatic heterocycles. The van der Waals surface area contributed by atoms with Crippen LogP contribution in [0.25, 0.3) is 0 Å². The van der Waals surface area contributed by atoms with Crippen molar-refractivity contribution >= 4 is 5.69 Å². The number of nitro benzene ring substituents is 1. The summed E-state index contributed by atoms with van der Waals surface area (Å²) in [7, 11) is 0. The lowest BCUT2D eigenvalue weighted by atomic mass is 10.1. The van der Waals surface area contributed by atoms with Crippen molar-refractivity contribution in [1.29, 1.82) is 0 Å². The molecular formula is C16H17NO4. The Morgan fingerprint density at radius 3 is 2.48 bits per heavy atom. The lowest BCUT2D eigenvalue weighted by Crippen LogP contribution is -1.97. The Morgan fingerprint density at radius 1 is 1.14 bits per heavy atom. The van der Waals surface area contributed by atoms with Crippen LogP contribution in [0.2, 0.25) is 0 Å². The zero-order valence-electron chi connectivity index (χ0n) is 12.2. The summed E-state index contributed by atoms with van der Waals surface area (Å²) in [6.07, 6.45) is 0. The van der Waals surface area contributed by atoms with Crippen LogP contribution in [0.4, 0.5) is 5.69 Å². The second-order valence-electron chi connectivity index (χ2n) is 5.01. The normalized spacial score (nSPS) is 10.5. The van der Waals surface area contributed by atoms with Gasteiger partial charge in [-0.25, -0.2) is 0 Å². The second-order valence-corrected chi connectivity index (χ2v) is 5.01. The van der Waals surface area contributed by atoms with Crippen LogP contribution < -0.4 is 4.74 Å². The molecule has 0 atom stereocenters. The summed E-state index contributed by atoms with van der Waals surface area (Å²) in [5.41, 5.74) is 3.51. The van der Waals surface area contributed by atoms with Crippen molar-refractivity contribution in [2.75, 3.05) is 0 Å². The van der Waals surface area contributed by atoms with Gasteiger partial charge in [0.05, 0.1) is 11.5 Å². The second kappa shape index (κ2) is 5.93. The number of aliphatic hydroxyl groups excluding tert-OH is 1. The van der Waals surface area contributed by atoms with Crippen LogP contribution in [0, 0.1) is 30.9 Å². The maximum absolute atomic E-state index is 10.8. The Kier molecular flexibility index (Phi) is 4.23. The maximum atomic E-state index is 10.8. The Morgan fingerprint density at radius 2 is 1.86 bits per heavy atom. The fourth-order valence-electron chi connectivity index (χ4n) is 2.13. The average Bonchev–Trinajstić information content (AvgIpc) is 2.44. The molecule has 1 N–H and O–H groups in total. The summed E-state index contributed by atoms with van der Waals surface area (Å²) in [5, 5.41) is 20.1. The highest BCUT2D eigenvalue weighted by molar-refractivity contribution is 5.48. The largest absolute Gasteiger partial charge is 0.457 e. The van der Waals surface area contributed by atoms with Gasteiger partial charge in [0.25, 0.3) is 5.69 Å². The van der Waals surface area contributed by atoms with Crippen molar-refractivity contribution in [1.82, 2.24) is 0 Å². The van der Waals surface area contributed by atoms with E-state index in [-0.39, 0.29) is 12.3 Å². The van der Waals surface area contributed by atoms with E-state index in [1.807, 2.05) is 26.8 Å². The molecule has 0 aliphatic heterocycles. The summed E-state index contributed by atoms with van der Waals surface area (Å²) in [5.74, 6) is 1.12. The lowest BCUT2D eigenvalue weighted by molar-refractivity contribution is -0.385. The summed E-state index contributed by atoms with van der Waals surface area (Å²) < 4.78 is 5.84. The van der Waals surface area contributed by atoms with E-state index < -0.39 is 4.92 Å².